The highest BCUT2D eigenvalue weighted by molar-refractivity contribution is 7.92. The van der Waals surface area contributed by atoms with Gasteiger partial charge in [0, 0.05) is 28.2 Å². The summed E-state index contributed by atoms with van der Waals surface area (Å²) in [5, 5.41) is 0. The second kappa shape index (κ2) is 11.1. The summed E-state index contributed by atoms with van der Waals surface area (Å²) in [6.07, 6.45) is 1.73. The Morgan fingerprint density at radius 2 is 1.27 bits per heavy atom. The van der Waals surface area contributed by atoms with Gasteiger partial charge in [-0.25, -0.2) is 13.4 Å². The fourth-order valence-corrected chi connectivity index (χ4v) is 9.45. The highest BCUT2D eigenvalue weighted by atomic mass is 32.2. The minimum Gasteiger partial charge on any atom is -0.257 e. The number of hydrogen-bond acceptors (Lipinski definition) is 4. The van der Waals surface area contributed by atoms with Crippen LogP contribution in [0.2, 0.25) is 0 Å². The lowest BCUT2D eigenvalue weighted by molar-refractivity contribution is 0.532. The fraction of sp³-hybridized carbons (Fsp3) is 0.116. The van der Waals surface area contributed by atoms with Crippen molar-refractivity contribution in [2.45, 2.75) is 35.6 Å². The summed E-state index contributed by atoms with van der Waals surface area (Å²) in [5.74, 6) is 0.619. The first-order chi connectivity index (χ1) is 23.5. The van der Waals surface area contributed by atoms with E-state index in [0.29, 0.717) is 15.6 Å². The third-order valence-electron chi connectivity index (χ3n) is 10.1. The lowest BCUT2D eigenvalue weighted by atomic mass is 9.81. The molecule has 0 saturated heterocycles. The fourth-order valence-electron chi connectivity index (χ4n) is 7.76. The van der Waals surface area contributed by atoms with Gasteiger partial charge in [0.15, 0.2) is 5.84 Å². The van der Waals surface area contributed by atoms with Crippen LogP contribution in [0.15, 0.2) is 159 Å². The summed E-state index contributed by atoms with van der Waals surface area (Å²) in [7, 11) is -3.72. The van der Waals surface area contributed by atoms with E-state index in [1.807, 2.05) is 66.7 Å². The SMILES string of the molecule is CCC1C(c2cccc3c2-c2cc(-c4ccc5c(c4)-c4ccccc4C5)ccc2S3(=O)=O)=NC(c2ccccc2)=NC1c1ccccc1. The average molecular weight is 641 g/mol. The molecule has 0 N–H and O–H groups in total. The molecule has 9 rings (SSSR count). The number of nitrogens with zero attached hydrogens (tertiary/aromatic N) is 2. The molecule has 0 radical (unpaired) electrons. The third-order valence-corrected chi connectivity index (χ3v) is 11.9. The molecule has 2 heterocycles. The van der Waals surface area contributed by atoms with Gasteiger partial charge in [0.1, 0.15) is 0 Å². The molecule has 2 unspecified atom stereocenters. The molecule has 2 aliphatic heterocycles. The number of amidine groups is 1. The van der Waals surface area contributed by atoms with Gasteiger partial charge in [-0.15, -0.1) is 0 Å². The lowest BCUT2D eigenvalue weighted by Crippen LogP contribution is -2.28. The number of benzene rings is 6. The zero-order valence-corrected chi connectivity index (χ0v) is 27.3. The molecule has 3 aliphatic rings. The van der Waals surface area contributed by atoms with Gasteiger partial charge in [0.25, 0.3) is 0 Å². The molecule has 2 atom stereocenters. The predicted molar refractivity (Wildman–Crippen MR) is 193 cm³/mol. The molecule has 0 fully saturated rings. The smallest absolute Gasteiger partial charge is 0.207 e. The van der Waals surface area contributed by atoms with Crippen LogP contribution in [-0.4, -0.2) is 20.0 Å². The van der Waals surface area contributed by atoms with Crippen LogP contribution >= 0.6 is 0 Å². The van der Waals surface area contributed by atoms with Crippen molar-refractivity contribution in [1.82, 2.24) is 0 Å². The second-order valence-electron chi connectivity index (χ2n) is 12.8. The Kier molecular flexibility index (Phi) is 6.66. The third kappa shape index (κ3) is 4.45. The summed E-state index contributed by atoms with van der Waals surface area (Å²) >= 11 is 0. The van der Waals surface area contributed by atoms with E-state index in [1.54, 1.807) is 12.1 Å². The van der Waals surface area contributed by atoms with Gasteiger partial charge in [-0.1, -0.05) is 122 Å². The highest BCUT2D eigenvalue weighted by Crippen LogP contribution is 2.49. The molecule has 0 saturated carbocycles. The standard InChI is InChI=1S/C43H32N2O2S/c1-2-33-41(27-12-5-3-6-13-27)44-43(28-14-7-4-8-15-28)45-42(33)35-18-11-19-39-40(35)37-26-30(22-23-38(37)48(39,46)47)29-20-21-32-24-31-16-9-10-17-34(31)36(32)25-29/h3-23,25-26,33,41H,2,24H2,1H3. The summed E-state index contributed by atoms with van der Waals surface area (Å²) in [6, 6.07) is 46.9. The van der Waals surface area contributed by atoms with Crippen molar-refractivity contribution in [2.75, 3.05) is 0 Å². The summed E-state index contributed by atoms with van der Waals surface area (Å²) in [6.45, 7) is 2.16. The molecule has 1 aliphatic carbocycles. The maximum absolute atomic E-state index is 14.1. The Morgan fingerprint density at radius 1 is 0.604 bits per heavy atom. The second-order valence-corrected chi connectivity index (χ2v) is 14.7. The molecule has 0 bridgehead atoms. The summed E-state index contributed by atoms with van der Waals surface area (Å²) < 4.78 is 28.2. The van der Waals surface area contributed by atoms with Crippen molar-refractivity contribution in [3.8, 4) is 33.4 Å². The predicted octanol–water partition coefficient (Wildman–Crippen LogP) is 9.75. The van der Waals surface area contributed by atoms with Gasteiger partial charge in [0.2, 0.25) is 9.84 Å². The Morgan fingerprint density at radius 3 is 2.06 bits per heavy atom. The Balaban J connectivity index is 1.23. The molecule has 4 nitrogen and oxygen atoms in total. The molecule has 48 heavy (non-hydrogen) atoms. The molecule has 6 aromatic carbocycles. The first-order valence-electron chi connectivity index (χ1n) is 16.5. The molecular formula is C43H32N2O2S. The van der Waals surface area contributed by atoms with Crippen molar-refractivity contribution < 1.29 is 8.42 Å². The van der Waals surface area contributed by atoms with Crippen LogP contribution < -0.4 is 0 Å². The zero-order valence-electron chi connectivity index (χ0n) is 26.5. The molecule has 5 heteroatoms. The van der Waals surface area contributed by atoms with E-state index in [0.717, 1.165) is 57.5 Å². The van der Waals surface area contributed by atoms with Crippen molar-refractivity contribution in [2.24, 2.45) is 15.9 Å². The molecule has 0 spiro atoms. The summed E-state index contributed by atoms with van der Waals surface area (Å²) in [4.78, 5) is 11.2. The normalized spacial score (nSPS) is 18.3. The van der Waals surface area contributed by atoms with Crippen LogP contribution in [-0.2, 0) is 16.3 Å². The van der Waals surface area contributed by atoms with E-state index in [9.17, 15) is 8.42 Å². The van der Waals surface area contributed by atoms with Crippen LogP contribution in [0.4, 0.5) is 0 Å². The maximum atomic E-state index is 14.1. The number of aliphatic imine (C=N–C) groups is 2. The molecule has 0 amide bonds. The minimum atomic E-state index is -3.72. The minimum absolute atomic E-state index is 0.0434. The van der Waals surface area contributed by atoms with Gasteiger partial charge in [0.05, 0.1) is 21.5 Å². The quantitative estimate of drug-likeness (QED) is 0.188. The van der Waals surface area contributed by atoms with Crippen molar-refractivity contribution in [3.05, 3.63) is 167 Å². The van der Waals surface area contributed by atoms with E-state index >= 15 is 0 Å². The zero-order chi connectivity index (χ0) is 32.4. The Bertz CT molecular complexity index is 2430. The van der Waals surface area contributed by atoms with Crippen molar-refractivity contribution in [1.29, 1.82) is 0 Å². The van der Waals surface area contributed by atoms with Gasteiger partial charge in [-0.05, 0) is 76.1 Å². The summed E-state index contributed by atoms with van der Waals surface area (Å²) in [5.41, 5.74) is 12.5. The molecule has 232 valence electrons. The van der Waals surface area contributed by atoms with Crippen molar-refractivity contribution >= 4 is 21.4 Å². The van der Waals surface area contributed by atoms with Crippen LogP contribution in [0, 0.1) is 5.92 Å². The van der Waals surface area contributed by atoms with E-state index in [1.165, 1.54) is 22.3 Å². The van der Waals surface area contributed by atoms with Crippen LogP contribution in [0.3, 0.4) is 0 Å². The Hall–Kier alpha value is -5.39. The molecule has 6 aromatic rings. The molecule has 0 aromatic heterocycles. The van der Waals surface area contributed by atoms with Gasteiger partial charge < -0.3 is 0 Å². The largest absolute Gasteiger partial charge is 0.257 e. The van der Waals surface area contributed by atoms with E-state index in [-0.39, 0.29) is 12.0 Å². The van der Waals surface area contributed by atoms with E-state index in [2.05, 4.69) is 67.6 Å². The highest BCUT2D eigenvalue weighted by Gasteiger charge is 2.39. The average Bonchev–Trinajstić information content (AvgIpc) is 3.63. The monoisotopic (exact) mass is 640 g/mol. The maximum Gasteiger partial charge on any atom is 0.207 e. The van der Waals surface area contributed by atoms with Crippen LogP contribution in [0.25, 0.3) is 33.4 Å². The topological polar surface area (TPSA) is 58.9 Å². The molecular weight excluding hydrogens is 609 g/mol. The van der Waals surface area contributed by atoms with E-state index < -0.39 is 9.84 Å². The number of sulfone groups is 1. The number of rotatable bonds is 5. The van der Waals surface area contributed by atoms with Gasteiger partial charge >= 0.3 is 0 Å². The van der Waals surface area contributed by atoms with Gasteiger partial charge in [-0.2, -0.15) is 0 Å². The van der Waals surface area contributed by atoms with Crippen LogP contribution in [0.1, 0.15) is 47.2 Å². The number of fused-ring (bicyclic) bond motifs is 6. The first-order valence-corrected chi connectivity index (χ1v) is 18.0. The lowest BCUT2D eigenvalue weighted by Gasteiger charge is -2.30. The first kappa shape index (κ1) is 28.8. The van der Waals surface area contributed by atoms with Crippen LogP contribution in [0.5, 0.6) is 0 Å². The Labute approximate surface area is 281 Å². The number of hydrogen-bond donors (Lipinski definition) is 0. The van der Waals surface area contributed by atoms with Gasteiger partial charge in [-0.3, -0.25) is 4.99 Å². The van der Waals surface area contributed by atoms with Crippen molar-refractivity contribution in [3.63, 3.8) is 0 Å². The van der Waals surface area contributed by atoms with E-state index in [4.69, 9.17) is 9.98 Å².